The predicted molar refractivity (Wildman–Crippen MR) is 51.9 cm³/mol. The van der Waals surface area contributed by atoms with Gasteiger partial charge < -0.3 is 11.5 Å². The van der Waals surface area contributed by atoms with Crippen LogP contribution in [0.3, 0.4) is 0 Å². The SMILES string of the molecule is CCSC1CCC(N)(C(N)=O)C1. The van der Waals surface area contributed by atoms with Gasteiger partial charge in [0.15, 0.2) is 0 Å². The van der Waals surface area contributed by atoms with Crippen molar-refractivity contribution in [2.75, 3.05) is 5.75 Å². The summed E-state index contributed by atoms with van der Waals surface area (Å²) in [5.41, 5.74) is 10.3. The Kier molecular flexibility index (Phi) is 3.01. The Morgan fingerprint density at radius 1 is 1.75 bits per heavy atom. The molecule has 2 unspecified atom stereocenters. The van der Waals surface area contributed by atoms with Crippen molar-refractivity contribution in [2.45, 2.75) is 37.0 Å². The minimum Gasteiger partial charge on any atom is -0.368 e. The topological polar surface area (TPSA) is 69.1 Å². The summed E-state index contributed by atoms with van der Waals surface area (Å²) in [4.78, 5) is 11.0. The van der Waals surface area contributed by atoms with Gasteiger partial charge in [-0.05, 0) is 25.0 Å². The lowest BCUT2D eigenvalue weighted by molar-refractivity contribution is -0.122. The first-order valence-corrected chi connectivity index (χ1v) is 5.34. The van der Waals surface area contributed by atoms with Crippen molar-refractivity contribution >= 4 is 17.7 Å². The number of primary amides is 1. The lowest BCUT2D eigenvalue weighted by atomic mass is 9.99. The quantitative estimate of drug-likeness (QED) is 0.676. The van der Waals surface area contributed by atoms with Gasteiger partial charge in [-0.15, -0.1) is 0 Å². The molecule has 1 amide bonds. The summed E-state index contributed by atoms with van der Waals surface area (Å²) in [5.74, 6) is 0.737. The van der Waals surface area contributed by atoms with E-state index in [-0.39, 0.29) is 5.91 Å². The van der Waals surface area contributed by atoms with Crippen LogP contribution in [-0.4, -0.2) is 22.4 Å². The van der Waals surface area contributed by atoms with Crippen molar-refractivity contribution in [1.82, 2.24) is 0 Å². The molecular weight excluding hydrogens is 172 g/mol. The molecule has 4 heteroatoms. The van der Waals surface area contributed by atoms with Gasteiger partial charge in [0.25, 0.3) is 0 Å². The lowest BCUT2D eigenvalue weighted by Gasteiger charge is -2.19. The summed E-state index contributed by atoms with van der Waals surface area (Å²) in [7, 11) is 0. The first-order chi connectivity index (χ1) is 5.58. The summed E-state index contributed by atoms with van der Waals surface area (Å²) in [6.07, 6.45) is 2.53. The molecule has 0 saturated heterocycles. The molecule has 0 radical (unpaired) electrons. The summed E-state index contributed by atoms with van der Waals surface area (Å²) < 4.78 is 0. The second-order valence-corrected chi connectivity index (χ2v) is 4.92. The Hall–Kier alpha value is -0.220. The molecule has 70 valence electrons. The van der Waals surface area contributed by atoms with E-state index in [0.717, 1.165) is 25.0 Å². The molecule has 1 saturated carbocycles. The Balaban J connectivity index is 2.49. The highest BCUT2D eigenvalue weighted by Crippen LogP contribution is 2.35. The maximum absolute atomic E-state index is 11.0. The first kappa shape index (κ1) is 9.86. The zero-order chi connectivity index (χ0) is 9.19. The first-order valence-electron chi connectivity index (χ1n) is 4.29. The van der Waals surface area contributed by atoms with Crippen molar-refractivity contribution in [3.63, 3.8) is 0 Å². The highest BCUT2D eigenvalue weighted by atomic mass is 32.2. The van der Waals surface area contributed by atoms with Gasteiger partial charge in [-0.3, -0.25) is 4.79 Å². The summed E-state index contributed by atoms with van der Waals surface area (Å²) in [5, 5.41) is 0.535. The number of carbonyl (C=O) groups excluding carboxylic acids is 1. The lowest BCUT2D eigenvalue weighted by Crippen LogP contribution is -2.50. The van der Waals surface area contributed by atoms with E-state index in [9.17, 15) is 4.79 Å². The number of carbonyl (C=O) groups is 1. The van der Waals surface area contributed by atoms with E-state index in [4.69, 9.17) is 11.5 Å². The van der Waals surface area contributed by atoms with Crippen LogP contribution in [-0.2, 0) is 4.79 Å². The number of thioether (sulfide) groups is 1. The van der Waals surface area contributed by atoms with Crippen molar-refractivity contribution in [3.8, 4) is 0 Å². The Labute approximate surface area is 77.3 Å². The average molecular weight is 188 g/mol. The maximum Gasteiger partial charge on any atom is 0.237 e. The minimum absolute atomic E-state index is 0.346. The van der Waals surface area contributed by atoms with Crippen LogP contribution >= 0.6 is 11.8 Å². The molecule has 0 aliphatic heterocycles. The number of nitrogens with two attached hydrogens (primary N) is 2. The van der Waals surface area contributed by atoms with E-state index in [2.05, 4.69) is 6.92 Å². The molecule has 1 aliphatic rings. The molecule has 12 heavy (non-hydrogen) atoms. The van der Waals surface area contributed by atoms with Crippen LogP contribution in [0.25, 0.3) is 0 Å². The van der Waals surface area contributed by atoms with Crippen LogP contribution in [0.4, 0.5) is 0 Å². The third-order valence-electron chi connectivity index (χ3n) is 2.40. The molecule has 1 aliphatic carbocycles. The van der Waals surface area contributed by atoms with Gasteiger partial charge >= 0.3 is 0 Å². The number of rotatable bonds is 3. The minimum atomic E-state index is -0.715. The number of hydrogen-bond acceptors (Lipinski definition) is 3. The zero-order valence-corrected chi connectivity index (χ0v) is 8.19. The highest BCUT2D eigenvalue weighted by molar-refractivity contribution is 7.99. The van der Waals surface area contributed by atoms with Gasteiger partial charge in [-0.25, -0.2) is 0 Å². The van der Waals surface area contributed by atoms with E-state index in [1.807, 2.05) is 11.8 Å². The van der Waals surface area contributed by atoms with Gasteiger partial charge in [0.1, 0.15) is 0 Å². The third kappa shape index (κ3) is 1.93. The van der Waals surface area contributed by atoms with Gasteiger partial charge in [0.05, 0.1) is 5.54 Å². The second kappa shape index (κ2) is 3.66. The Bertz CT molecular complexity index is 186. The van der Waals surface area contributed by atoms with Crippen LogP contribution in [0.5, 0.6) is 0 Å². The van der Waals surface area contributed by atoms with E-state index in [0.29, 0.717) is 5.25 Å². The normalized spacial score (nSPS) is 35.3. The molecule has 0 aromatic carbocycles. The van der Waals surface area contributed by atoms with E-state index in [1.54, 1.807) is 0 Å². The molecule has 0 spiro atoms. The van der Waals surface area contributed by atoms with Gasteiger partial charge in [0.2, 0.25) is 5.91 Å². The summed E-state index contributed by atoms with van der Waals surface area (Å²) in [6.45, 7) is 2.12. The second-order valence-electron chi connectivity index (χ2n) is 3.34. The summed E-state index contributed by atoms with van der Waals surface area (Å²) in [6, 6.07) is 0. The molecule has 2 atom stereocenters. The van der Waals surface area contributed by atoms with Crippen LogP contribution in [0.1, 0.15) is 26.2 Å². The molecule has 3 nitrogen and oxygen atoms in total. The van der Waals surface area contributed by atoms with Gasteiger partial charge in [-0.1, -0.05) is 6.92 Å². The monoisotopic (exact) mass is 188 g/mol. The van der Waals surface area contributed by atoms with E-state index in [1.165, 1.54) is 0 Å². The molecule has 1 fully saturated rings. The zero-order valence-electron chi connectivity index (χ0n) is 7.38. The molecule has 0 bridgehead atoms. The molecular formula is C8H16N2OS. The van der Waals surface area contributed by atoms with Crippen molar-refractivity contribution < 1.29 is 4.79 Å². The fraction of sp³-hybridized carbons (Fsp3) is 0.875. The van der Waals surface area contributed by atoms with Crippen molar-refractivity contribution in [2.24, 2.45) is 11.5 Å². The Morgan fingerprint density at radius 3 is 2.83 bits per heavy atom. The average Bonchev–Trinajstić information content (AvgIpc) is 2.34. The van der Waals surface area contributed by atoms with Crippen LogP contribution in [0.15, 0.2) is 0 Å². The van der Waals surface area contributed by atoms with Crippen LogP contribution in [0.2, 0.25) is 0 Å². The molecule has 0 aromatic rings. The summed E-state index contributed by atoms with van der Waals surface area (Å²) >= 11 is 1.87. The largest absolute Gasteiger partial charge is 0.368 e. The number of amides is 1. The molecule has 0 heterocycles. The standard InChI is InChI=1S/C8H16N2OS/c1-2-12-6-3-4-8(10,5-6)7(9)11/h6H,2-5,10H2,1H3,(H2,9,11). The molecule has 4 N–H and O–H groups in total. The Morgan fingerprint density at radius 2 is 2.42 bits per heavy atom. The van der Waals surface area contributed by atoms with E-state index >= 15 is 0 Å². The third-order valence-corrected chi connectivity index (χ3v) is 3.60. The van der Waals surface area contributed by atoms with E-state index < -0.39 is 5.54 Å². The van der Waals surface area contributed by atoms with Gasteiger partial charge in [-0.2, -0.15) is 11.8 Å². The van der Waals surface area contributed by atoms with Crippen molar-refractivity contribution in [3.05, 3.63) is 0 Å². The molecule has 0 aromatic heterocycles. The van der Waals surface area contributed by atoms with Gasteiger partial charge in [0, 0.05) is 5.25 Å². The van der Waals surface area contributed by atoms with Crippen LogP contribution < -0.4 is 11.5 Å². The number of hydrogen-bond donors (Lipinski definition) is 2. The van der Waals surface area contributed by atoms with Crippen LogP contribution in [0, 0.1) is 0 Å². The molecule has 1 rings (SSSR count). The maximum atomic E-state index is 11.0. The fourth-order valence-electron chi connectivity index (χ4n) is 1.63. The predicted octanol–water partition coefficient (Wildman–Crippen LogP) is 0.475. The van der Waals surface area contributed by atoms with Crippen molar-refractivity contribution in [1.29, 1.82) is 0 Å². The smallest absolute Gasteiger partial charge is 0.237 e. The highest BCUT2D eigenvalue weighted by Gasteiger charge is 2.40. The fourth-order valence-corrected chi connectivity index (χ4v) is 2.80.